The van der Waals surface area contributed by atoms with Crippen LogP contribution in [-0.2, 0) is 0 Å². The van der Waals surface area contributed by atoms with Crippen molar-refractivity contribution in [3.05, 3.63) is 35.4 Å². The molecule has 2 rings (SSSR count). The fraction of sp³-hybridized carbons (Fsp3) is 0.684. The fourth-order valence-electron chi connectivity index (χ4n) is 3.25. The van der Waals surface area contributed by atoms with E-state index in [1.165, 1.54) is 24.8 Å². The van der Waals surface area contributed by atoms with Gasteiger partial charge in [0.25, 0.3) is 0 Å². The van der Waals surface area contributed by atoms with E-state index < -0.39 is 0 Å². The van der Waals surface area contributed by atoms with Crippen molar-refractivity contribution in [3.8, 4) is 0 Å². The van der Waals surface area contributed by atoms with E-state index in [0.717, 1.165) is 17.8 Å². The largest absolute Gasteiger partial charge is 0.0683 e. The van der Waals surface area contributed by atoms with Gasteiger partial charge in [-0.1, -0.05) is 78.6 Å². The minimum absolute atomic E-state index is 0.740. The second-order valence-corrected chi connectivity index (χ2v) is 5.22. The van der Waals surface area contributed by atoms with Gasteiger partial charge in [0.1, 0.15) is 0 Å². The van der Waals surface area contributed by atoms with Gasteiger partial charge in [0, 0.05) is 0 Å². The zero-order valence-corrected chi connectivity index (χ0v) is 14.2. The second kappa shape index (κ2) is 10.1. The summed E-state index contributed by atoms with van der Waals surface area (Å²) < 4.78 is 0. The van der Waals surface area contributed by atoms with E-state index >= 15 is 0 Å². The maximum absolute atomic E-state index is 2.42. The normalized spacial score (nSPS) is 22.7. The summed E-state index contributed by atoms with van der Waals surface area (Å²) in [6, 6.07) is 8.87. The summed E-state index contributed by atoms with van der Waals surface area (Å²) in [5.41, 5.74) is 3.03. The molecule has 1 aromatic carbocycles. The summed E-state index contributed by atoms with van der Waals surface area (Å²) >= 11 is 0. The Labute approximate surface area is 121 Å². The van der Waals surface area contributed by atoms with E-state index in [0.29, 0.717) is 0 Å². The minimum Gasteiger partial charge on any atom is -0.0683 e. The fourth-order valence-corrected chi connectivity index (χ4v) is 3.25. The van der Waals surface area contributed by atoms with Crippen LogP contribution in [0.1, 0.15) is 77.8 Å². The van der Waals surface area contributed by atoms with Crippen LogP contribution in [0.4, 0.5) is 0 Å². The molecule has 0 aliphatic heterocycles. The first-order chi connectivity index (χ1) is 9.20. The van der Waals surface area contributed by atoms with E-state index in [4.69, 9.17) is 0 Å². The Morgan fingerprint density at radius 1 is 1.00 bits per heavy atom. The zero-order valence-electron chi connectivity index (χ0n) is 14.2. The molecule has 0 spiro atoms. The van der Waals surface area contributed by atoms with E-state index in [1.807, 2.05) is 27.7 Å². The lowest BCUT2D eigenvalue weighted by Crippen LogP contribution is -2.13. The summed E-state index contributed by atoms with van der Waals surface area (Å²) in [6.07, 6.45) is 4.29. The first-order valence-electron chi connectivity index (χ1n) is 8.25. The molecular formula is C19H34. The van der Waals surface area contributed by atoms with Gasteiger partial charge in [-0.25, -0.2) is 0 Å². The summed E-state index contributed by atoms with van der Waals surface area (Å²) in [5.74, 6) is 2.56. The molecule has 110 valence electrons. The van der Waals surface area contributed by atoms with E-state index in [-0.39, 0.29) is 0 Å². The van der Waals surface area contributed by atoms with Crippen LogP contribution in [0.25, 0.3) is 0 Å². The van der Waals surface area contributed by atoms with Crippen molar-refractivity contribution in [3.63, 3.8) is 0 Å². The highest BCUT2D eigenvalue weighted by Crippen LogP contribution is 2.41. The lowest BCUT2D eigenvalue weighted by atomic mass is 9.80. The molecule has 1 saturated carbocycles. The summed E-state index contributed by atoms with van der Waals surface area (Å²) in [4.78, 5) is 0. The average Bonchev–Trinajstić information content (AvgIpc) is 2.89. The molecule has 3 atom stereocenters. The van der Waals surface area contributed by atoms with Gasteiger partial charge < -0.3 is 0 Å². The molecule has 0 heteroatoms. The summed E-state index contributed by atoms with van der Waals surface area (Å²) in [5, 5.41) is 0. The number of hydrogen-bond acceptors (Lipinski definition) is 0. The Bertz CT molecular complexity index is 327. The molecule has 0 nitrogen and oxygen atoms in total. The van der Waals surface area contributed by atoms with Crippen LogP contribution >= 0.6 is 0 Å². The molecule has 1 aromatic rings. The van der Waals surface area contributed by atoms with Gasteiger partial charge in [-0.2, -0.15) is 0 Å². The van der Waals surface area contributed by atoms with Crippen molar-refractivity contribution in [2.75, 3.05) is 0 Å². The van der Waals surface area contributed by atoms with Gasteiger partial charge in [-0.05, 0) is 42.2 Å². The van der Waals surface area contributed by atoms with Gasteiger partial charge in [0.2, 0.25) is 0 Å². The van der Waals surface area contributed by atoms with Gasteiger partial charge >= 0.3 is 0 Å². The number of rotatable bonds is 2. The van der Waals surface area contributed by atoms with Gasteiger partial charge in [-0.15, -0.1) is 0 Å². The average molecular weight is 262 g/mol. The summed E-state index contributed by atoms with van der Waals surface area (Å²) in [6.45, 7) is 15.1. The van der Waals surface area contributed by atoms with Crippen molar-refractivity contribution in [1.29, 1.82) is 0 Å². The molecule has 0 N–H and O–H groups in total. The van der Waals surface area contributed by atoms with Crippen LogP contribution in [0.3, 0.4) is 0 Å². The van der Waals surface area contributed by atoms with E-state index in [1.54, 1.807) is 5.56 Å². The van der Waals surface area contributed by atoms with Crippen molar-refractivity contribution in [2.24, 2.45) is 11.8 Å². The standard InChI is InChI=1S/C15H22.2C2H6/c1-11-7-4-5-9-14(11)13(3)15-10-6-8-12(15)2;2*1-2/h4-5,7,9,12-13,15H,6,8,10H2,1-3H3;2*1-2H3/t12?,13-,15?;;/m1../s1. The SMILES string of the molecule is CC.CC.Cc1ccccc1[C@@H](C)C1CCCC1C. The maximum atomic E-state index is 2.42. The van der Waals surface area contributed by atoms with E-state index in [9.17, 15) is 0 Å². The Kier molecular flexibility index (Phi) is 9.65. The highest BCUT2D eigenvalue weighted by Gasteiger charge is 2.29. The highest BCUT2D eigenvalue weighted by molar-refractivity contribution is 5.29. The molecule has 0 aromatic heterocycles. The first kappa shape index (κ1) is 18.2. The van der Waals surface area contributed by atoms with Crippen molar-refractivity contribution in [1.82, 2.24) is 0 Å². The molecule has 2 unspecified atom stereocenters. The Morgan fingerprint density at radius 2 is 1.58 bits per heavy atom. The monoisotopic (exact) mass is 262 g/mol. The first-order valence-corrected chi connectivity index (χ1v) is 8.25. The predicted molar refractivity (Wildman–Crippen MR) is 88.8 cm³/mol. The van der Waals surface area contributed by atoms with Crippen LogP contribution in [0.15, 0.2) is 24.3 Å². The quantitative estimate of drug-likeness (QED) is 0.564. The topological polar surface area (TPSA) is 0 Å². The van der Waals surface area contributed by atoms with Crippen LogP contribution < -0.4 is 0 Å². The Balaban J connectivity index is 0.000000741. The van der Waals surface area contributed by atoms with Crippen molar-refractivity contribution >= 4 is 0 Å². The van der Waals surface area contributed by atoms with Gasteiger partial charge in [0.05, 0.1) is 0 Å². The van der Waals surface area contributed by atoms with Crippen LogP contribution in [0.2, 0.25) is 0 Å². The number of hydrogen-bond donors (Lipinski definition) is 0. The van der Waals surface area contributed by atoms with Gasteiger partial charge in [-0.3, -0.25) is 0 Å². The lowest BCUT2D eigenvalue weighted by molar-refractivity contribution is 0.361. The lowest BCUT2D eigenvalue weighted by Gasteiger charge is -2.25. The van der Waals surface area contributed by atoms with E-state index in [2.05, 4.69) is 45.0 Å². The number of aryl methyl sites for hydroxylation is 1. The molecule has 19 heavy (non-hydrogen) atoms. The molecule has 1 aliphatic rings. The smallest absolute Gasteiger partial charge is 0.0157 e. The molecule has 0 saturated heterocycles. The molecular weight excluding hydrogens is 228 g/mol. The third-order valence-corrected chi connectivity index (χ3v) is 4.25. The van der Waals surface area contributed by atoms with Crippen molar-refractivity contribution < 1.29 is 0 Å². The predicted octanol–water partition coefficient (Wildman–Crippen LogP) is 6.59. The second-order valence-electron chi connectivity index (χ2n) is 5.22. The Hall–Kier alpha value is -0.780. The Morgan fingerprint density at radius 3 is 2.05 bits per heavy atom. The molecule has 0 bridgehead atoms. The number of benzene rings is 1. The van der Waals surface area contributed by atoms with Crippen molar-refractivity contribution in [2.45, 2.75) is 73.6 Å². The van der Waals surface area contributed by atoms with Crippen LogP contribution in [0, 0.1) is 18.8 Å². The molecule has 1 fully saturated rings. The molecule has 0 amide bonds. The molecule has 0 heterocycles. The van der Waals surface area contributed by atoms with Crippen LogP contribution in [-0.4, -0.2) is 0 Å². The summed E-state index contributed by atoms with van der Waals surface area (Å²) in [7, 11) is 0. The highest BCUT2D eigenvalue weighted by atomic mass is 14.3. The molecule has 0 radical (unpaired) electrons. The maximum Gasteiger partial charge on any atom is -0.0157 e. The van der Waals surface area contributed by atoms with Crippen LogP contribution in [0.5, 0.6) is 0 Å². The van der Waals surface area contributed by atoms with Gasteiger partial charge in [0.15, 0.2) is 0 Å². The molecule has 1 aliphatic carbocycles. The minimum atomic E-state index is 0.740. The third-order valence-electron chi connectivity index (χ3n) is 4.25. The zero-order chi connectivity index (χ0) is 14.8. The third kappa shape index (κ3) is 5.01.